The normalized spacial score (nSPS) is 10.0. The molecule has 60 valence electrons. The van der Waals surface area contributed by atoms with Crippen molar-refractivity contribution in [3.05, 3.63) is 22.4 Å². The van der Waals surface area contributed by atoms with Gasteiger partial charge < -0.3 is 5.11 Å². The lowest BCUT2D eigenvalue weighted by Gasteiger charge is -2.00. The Morgan fingerprint density at radius 2 is 2.36 bits per heavy atom. The van der Waals surface area contributed by atoms with Crippen LogP contribution in [-0.4, -0.2) is 10.1 Å². The van der Waals surface area contributed by atoms with Crippen LogP contribution in [-0.2, 0) is 6.42 Å². The predicted molar refractivity (Wildman–Crippen MR) is 47.6 cm³/mol. The molecule has 0 amide bonds. The molecule has 2 nitrogen and oxygen atoms in total. The maximum Gasteiger partial charge on any atom is 0.138 e. The summed E-state index contributed by atoms with van der Waals surface area (Å²) in [4.78, 5) is 4.07. The van der Waals surface area contributed by atoms with Gasteiger partial charge in [0.25, 0.3) is 0 Å². The molecule has 0 fully saturated rings. The van der Waals surface area contributed by atoms with Crippen molar-refractivity contribution in [2.75, 3.05) is 0 Å². The van der Waals surface area contributed by atoms with Crippen LogP contribution in [0, 0.1) is 0 Å². The van der Waals surface area contributed by atoms with Crippen molar-refractivity contribution in [2.45, 2.75) is 19.8 Å². The minimum Gasteiger partial charge on any atom is -0.506 e. The Bertz CT molecular complexity index is 250. The van der Waals surface area contributed by atoms with Gasteiger partial charge in [0.2, 0.25) is 0 Å². The molecule has 0 aliphatic rings. The summed E-state index contributed by atoms with van der Waals surface area (Å²) in [5.74, 6) is 0.279. The highest BCUT2D eigenvalue weighted by atomic mass is 79.9. The first-order valence-electron chi connectivity index (χ1n) is 3.57. The predicted octanol–water partition coefficient (Wildman–Crippen LogP) is 2.50. The molecule has 0 aromatic carbocycles. The third kappa shape index (κ3) is 2.19. The second-order valence-electron chi connectivity index (χ2n) is 2.37. The van der Waals surface area contributed by atoms with Crippen molar-refractivity contribution < 1.29 is 5.11 Å². The minimum absolute atomic E-state index is 0.279. The van der Waals surface area contributed by atoms with Crippen LogP contribution in [0.1, 0.15) is 19.0 Å². The molecule has 0 aliphatic carbocycles. The van der Waals surface area contributed by atoms with Crippen LogP contribution in [0.15, 0.2) is 16.7 Å². The molecular weight excluding hydrogens is 206 g/mol. The Morgan fingerprint density at radius 3 is 2.91 bits per heavy atom. The molecule has 11 heavy (non-hydrogen) atoms. The quantitative estimate of drug-likeness (QED) is 0.823. The van der Waals surface area contributed by atoms with Gasteiger partial charge in [-0.3, -0.25) is 4.98 Å². The maximum atomic E-state index is 9.33. The van der Waals surface area contributed by atoms with E-state index in [2.05, 4.69) is 27.8 Å². The molecule has 1 heterocycles. The highest BCUT2D eigenvalue weighted by Gasteiger charge is 2.00. The summed E-state index contributed by atoms with van der Waals surface area (Å²) in [6, 6.07) is 1.66. The molecule has 0 saturated carbocycles. The van der Waals surface area contributed by atoms with E-state index in [9.17, 15) is 5.11 Å². The molecule has 0 radical (unpaired) electrons. The smallest absolute Gasteiger partial charge is 0.138 e. The second-order valence-corrected chi connectivity index (χ2v) is 3.29. The summed E-state index contributed by atoms with van der Waals surface area (Å²) in [6.07, 6.45) is 3.53. The lowest BCUT2D eigenvalue weighted by molar-refractivity contribution is 0.463. The number of hydrogen-bond donors (Lipinski definition) is 1. The van der Waals surface area contributed by atoms with Gasteiger partial charge in [-0.05, 0) is 28.4 Å². The summed E-state index contributed by atoms with van der Waals surface area (Å²) in [7, 11) is 0. The highest BCUT2D eigenvalue weighted by molar-refractivity contribution is 9.10. The van der Waals surface area contributed by atoms with Crippen LogP contribution in [0.25, 0.3) is 0 Å². The van der Waals surface area contributed by atoms with Gasteiger partial charge in [0.15, 0.2) is 0 Å². The van der Waals surface area contributed by atoms with Crippen molar-refractivity contribution in [1.29, 1.82) is 0 Å². The molecule has 0 atom stereocenters. The first kappa shape index (κ1) is 8.53. The summed E-state index contributed by atoms with van der Waals surface area (Å²) in [5.41, 5.74) is 0.774. The Kier molecular flexibility index (Phi) is 2.88. The van der Waals surface area contributed by atoms with E-state index in [0.29, 0.717) is 0 Å². The molecular formula is C8H10BrNO. The van der Waals surface area contributed by atoms with Crippen LogP contribution < -0.4 is 0 Å². The van der Waals surface area contributed by atoms with E-state index < -0.39 is 0 Å². The van der Waals surface area contributed by atoms with Crippen molar-refractivity contribution in [3.63, 3.8) is 0 Å². The van der Waals surface area contributed by atoms with Crippen molar-refractivity contribution in [3.8, 4) is 5.75 Å². The van der Waals surface area contributed by atoms with Gasteiger partial charge in [-0.25, -0.2) is 0 Å². The number of aromatic nitrogens is 1. The molecule has 1 aromatic heterocycles. The van der Waals surface area contributed by atoms with Gasteiger partial charge >= 0.3 is 0 Å². The zero-order valence-corrected chi connectivity index (χ0v) is 7.93. The summed E-state index contributed by atoms with van der Waals surface area (Å²) in [5, 5.41) is 9.33. The Labute approximate surface area is 74.4 Å². The number of rotatable bonds is 2. The van der Waals surface area contributed by atoms with Crippen LogP contribution in [0.5, 0.6) is 5.75 Å². The lowest BCUT2D eigenvalue weighted by atomic mass is 10.2. The fraction of sp³-hybridized carbons (Fsp3) is 0.375. The molecule has 1 N–H and O–H groups in total. The van der Waals surface area contributed by atoms with E-state index in [4.69, 9.17) is 0 Å². The maximum absolute atomic E-state index is 9.33. The van der Waals surface area contributed by atoms with Crippen molar-refractivity contribution in [2.24, 2.45) is 0 Å². The molecule has 1 rings (SSSR count). The van der Waals surface area contributed by atoms with E-state index in [1.165, 1.54) is 0 Å². The first-order chi connectivity index (χ1) is 5.24. The van der Waals surface area contributed by atoms with Crippen LogP contribution in [0.4, 0.5) is 0 Å². The number of aromatic hydroxyl groups is 1. The average molecular weight is 216 g/mol. The van der Waals surface area contributed by atoms with Crippen LogP contribution in [0.2, 0.25) is 0 Å². The SMILES string of the molecule is CCCc1ncc(Br)cc1O. The molecule has 1 aromatic rings. The third-order valence-corrected chi connectivity index (χ3v) is 1.83. The highest BCUT2D eigenvalue weighted by Crippen LogP contribution is 2.20. The van der Waals surface area contributed by atoms with Crippen LogP contribution >= 0.6 is 15.9 Å². The monoisotopic (exact) mass is 215 g/mol. The number of pyridine rings is 1. The number of nitrogens with zero attached hydrogens (tertiary/aromatic N) is 1. The summed E-state index contributed by atoms with van der Waals surface area (Å²) < 4.78 is 0.815. The van der Waals surface area contributed by atoms with Gasteiger partial charge in [-0.1, -0.05) is 13.3 Å². The summed E-state index contributed by atoms with van der Waals surface area (Å²) >= 11 is 3.22. The fourth-order valence-electron chi connectivity index (χ4n) is 0.886. The Hall–Kier alpha value is -0.570. The van der Waals surface area contributed by atoms with Crippen molar-refractivity contribution in [1.82, 2.24) is 4.98 Å². The minimum atomic E-state index is 0.279. The standard InChI is InChI=1S/C8H10BrNO/c1-2-3-7-8(11)4-6(9)5-10-7/h4-5,11H,2-3H2,1H3. The largest absolute Gasteiger partial charge is 0.506 e. The van der Waals surface area contributed by atoms with E-state index in [1.54, 1.807) is 12.3 Å². The first-order valence-corrected chi connectivity index (χ1v) is 4.36. The number of hydrogen-bond acceptors (Lipinski definition) is 2. The third-order valence-electron chi connectivity index (χ3n) is 1.40. The van der Waals surface area contributed by atoms with Gasteiger partial charge in [0, 0.05) is 10.7 Å². The van der Waals surface area contributed by atoms with Gasteiger partial charge in [0.05, 0.1) is 5.69 Å². The molecule has 0 unspecified atom stereocenters. The number of aryl methyl sites for hydroxylation is 1. The molecule has 0 aliphatic heterocycles. The average Bonchev–Trinajstić information content (AvgIpc) is 1.95. The van der Waals surface area contributed by atoms with Crippen LogP contribution in [0.3, 0.4) is 0 Å². The summed E-state index contributed by atoms with van der Waals surface area (Å²) in [6.45, 7) is 2.06. The molecule has 0 saturated heterocycles. The van der Waals surface area contributed by atoms with Crippen molar-refractivity contribution >= 4 is 15.9 Å². The molecule has 0 spiro atoms. The lowest BCUT2D eigenvalue weighted by Crippen LogP contribution is -1.88. The number of halogens is 1. The molecule has 3 heteroatoms. The zero-order chi connectivity index (χ0) is 8.27. The van der Waals surface area contributed by atoms with Gasteiger partial charge in [0.1, 0.15) is 5.75 Å². The van der Waals surface area contributed by atoms with E-state index in [0.717, 1.165) is 23.0 Å². The van der Waals surface area contributed by atoms with E-state index >= 15 is 0 Å². The zero-order valence-electron chi connectivity index (χ0n) is 6.34. The fourth-order valence-corrected chi connectivity index (χ4v) is 1.21. The Morgan fingerprint density at radius 1 is 1.64 bits per heavy atom. The van der Waals surface area contributed by atoms with Gasteiger partial charge in [-0.15, -0.1) is 0 Å². The Balaban J connectivity index is 2.90. The van der Waals surface area contributed by atoms with E-state index in [-0.39, 0.29) is 5.75 Å². The topological polar surface area (TPSA) is 33.1 Å². The van der Waals surface area contributed by atoms with E-state index in [1.807, 2.05) is 0 Å². The van der Waals surface area contributed by atoms with Gasteiger partial charge in [-0.2, -0.15) is 0 Å². The second kappa shape index (κ2) is 3.72. The molecule has 0 bridgehead atoms.